The molecular weight excluding hydrogens is 534 g/mol. The minimum atomic E-state index is -0.306. The summed E-state index contributed by atoms with van der Waals surface area (Å²) in [5.74, 6) is 1.59. The molecule has 0 aliphatic carbocycles. The standard InChI is InChI=1S/C24H25FN6O.HI/c1-16-4-7-19(8-5-16)23-30-20(15-32-23)14-29-24(26-3)28-13-18-6-9-22(21(25)12-18)31-11-10-27-17(31)2;/h4-12,15H,13-14H2,1-3H3,(H2,26,28,29);1H. The number of nitrogens with one attached hydrogen (secondary N) is 2. The summed E-state index contributed by atoms with van der Waals surface area (Å²) in [6.07, 6.45) is 5.02. The second-order valence-electron chi connectivity index (χ2n) is 7.42. The maximum absolute atomic E-state index is 14.6. The normalized spacial score (nSPS) is 11.2. The Balaban J connectivity index is 0.00000306. The number of aliphatic imine (C=N–C) groups is 1. The van der Waals surface area contributed by atoms with E-state index in [4.69, 9.17) is 4.42 Å². The molecule has 0 amide bonds. The second kappa shape index (κ2) is 11.1. The first kappa shape index (κ1) is 24.4. The SMILES string of the molecule is CN=C(NCc1ccc(-n2ccnc2C)c(F)c1)NCc1coc(-c2ccc(C)cc2)n1.I. The number of hydrogen-bond acceptors (Lipinski definition) is 4. The maximum atomic E-state index is 14.6. The molecule has 2 aromatic heterocycles. The van der Waals surface area contributed by atoms with Crippen molar-refractivity contribution in [2.24, 2.45) is 4.99 Å². The van der Waals surface area contributed by atoms with Gasteiger partial charge in [0, 0.05) is 31.5 Å². The molecule has 0 bridgehead atoms. The fourth-order valence-corrected chi connectivity index (χ4v) is 3.29. The van der Waals surface area contributed by atoms with Crippen molar-refractivity contribution in [2.75, 3.05) is 7.05 Å². The zero-order valence-electron chi connectivity index (χ0n) is 18.7. The molecule has 9 heteroatoms. The molecule has 2 N–H and O–H groups in total. The van der Waals surface area contributed by atoms with E-state index in [9.17, 15) is 4.39 Å². The van der Waals surface area contributed by atoms with Gasteiger partial charge in [-0.1, -0.05) is 23.8 Å². The van der Waals surface area contributed by atoms with E-state index in [0.717, 1.165) is 22.6 Å². The van der Waals surface area contributed by atoms with Crippen molar-refractivity contribution in [1.29, 1.82) is 0 Å². The van der Waals surface area contributed by atoms with Crippen LogP contribution < -0.4 is 10.6 Å². The summed E-state index contributed by atoms with van der Waals surface area (Å²) in [5.41, 5.74) is 4.15. The molecule has 172 valence electrons. The van der Waals surface area contributed by atoms with Crippen molar-refractivity contribution < 1.29 is 8.81 Å². The number of aryl methyl sites for hydroxylation is 2. The van der Waals surface area contributed by atoms with Crippen LogP contribution in [0.5, 0.6) is 0 Å². The van der Waals surface area contributed by atoms with E-state index in [1.165, 1.54) is 11.6 Å². The summed E-state index contributed by atoms with van der Waals surface area (Å²) >= 11 is 0. The molecule has 2 aromatic carbocycles. The van der Waals surface area contributed by atoms with Crippen LogP contribution in [0.15, 0.2) is 70.5 Å². The van der Waals surface area contributed by atoms with Crippen molar-refractivity contribution >= 4 is 29.9 Å². The first-order chi connectivity index (χ1) is 15.5. The van der Waals surface area contributed by atoms with Gasteiger partial charge in [-0.3, -0.25) is 4.99 Å². The summed E-state index contributed by atoms with van der Waals surface area (Å²) in [5, 5.41) is 6.38. The molecule has 0 spiro atoms. The van der Waals surface area contributed by atoms with Crippen molar-refractivity contribution in [3.63, 3.8) is 0 Å². The molecule has 2 heterocycles. The van der Waals surface area contributed by atoms with E-state index in [0.29, 0.717) is 30.6 Å². The number of benzene rings is 2. The third kappa shape index (κ3) is 5.98. The van der Waals surface area contributed by atoms with Crippen LogP contribution in [0.3, 0.4) is 0 Å². The fraction of sp³-hybridized carbons (Fsp3) is 0.208. The van der Waals surface area contributed by atoms with E-state index < -0.39 is 0 Å². The Hall–Kier alpha value is -3.21. The van der Waals surface area contributed by atoms with Crippen molar-refractivity contribution in [3.05, 3.63) is 89.6 Å². The summed E-state index contributed by atoms with van der Waals surface area (Å²) in [6, 6.07) is 13.2. The summed E-state index contributed by atoms with van der Waals surface area (Å²) in [7, 11) is 1.68. The minimum Gasteiger partial charge on any atom is -0.444 e. The number of rotatable bonds is 6. The molecular formula is C24H26FIN6O. The van der Waals surface area contributed by atoms with Gasteiger partial charge in [0.25, 0.3) is 0 Å². The van der Waals surface area contributed by atoms with E-state index in [-0.39, 0.29) is 29.8 Å². The molecule has 33 heavy (non-hydrogen) atoms. The molecule has 0 radical (unpaired) electrons. The third-order valence-corrected chi connectivity index (χ3v) is 5.07. The highest BCUT2D eigenvalue weighted by Gasteiger charge is 2.10. The Morgan fingerprint density at radius 3 is 2.52 bits per heavy atom. The van der Waals surface area contributed by atoms with Gasteiger partial charge in [-0.2, -0.15) is 0 Å². The summed E-state index contributed by atoms with van der Waals surface area (Å²) in [4.78, 5) is 12.9. The molecule has 0 aliphatic rings. The molecule has 0 saturated heterocycles. The highest BCUT2D eigenvalue weighted by atomic mass is 127. The first-order valence-corrected chi connectivity index (χ1v) is 10.3. The Kier molecular flexibility index (Phi) is 8.21. The number of aromatic nitrogens is 3. The van der Waals surface area contributed by atoms with Crippen LogP contribution in [0.4, 0.5) is 4.39 Å². The lowest BCUT2D eigenvalue weighted by atomic mass is 10.1. The number of halogens is 2. The van der Waals surface area contributed by atoms with E-state index in [1.807, 2.05) is 44.2 Å². The second-order valence-corrected chi connectivity index (χ2v) is 7.42. The average Bonchev–Trinajstić information content (AvgIpc) is 3.44. The van der Waals surface area contributed by atoms with Crippen LogP contribution in [0, 0.1) is 19.7 Å². The predicted octanol–water partition coefficient (Wildman–Crippen LogP) is 4.77. The van der Waals surface area contributed by atoms with Gasteiger partial charge in [0.2, 0.25) is 5.89 Å². The van der Waals surface area contributed by atoms with Gasteiger partial charge in [0.05, 0.1) is 17.9 Å². The van der Waals surface area contributed by atoms with Gasteiger partial charge in [-0.05, 0) is 43.7 Å². The number of imidazole rings is 1. The van der Waals surface area contributed by atoms with Gasteiger partial charge in [-0.25, -0.2) is 14.4 Å². The maximum Gasteiger partial charge on any atom is 0.226 e. The van der Waals surface area contributed by atoms with Gasteiger partial charge < -0.3 is 19.6 Å². The van der Waals surface area contributed by atoms with Gasteiger partial charge in [-0.15, -0.1) is 24.0 Å². The van der Waals surface area contributed by atoms with Crippen LogP contribution in [0.2, 0.25) is 0 Å². The zero-order valence-corrected chi connectivity index (χ0v) is 21.0. The van der Waals surface area contributed by atoms with Gasteiger partial charge >= 0.3 is 0 Å². The van der Waals surface area contributed by atoms with E-state index >= 15 is 0 Å². The molecule has 0 aliphatic heterocycles. The molecule has 0 saturated carbocycles. The van der Waals surface area contributed by atoms with E-state index in [2.05, 4.69) is 25.6 Å². The number of nitrogens with zero attached hydrogens (tertiary/aromatic N) is 4. The lowest BCUT2D eigenvalue weighted by Crippen LogP contribution is -2.36. The van der Waals surface area contributed by atoms with Crippen molar-refractivity contribution in [1.82, 2.24) is 25.2 Å². The fourth-order valence-electron chi connectivity index (χ4n) is 3.29. The zero-order chi connectivity index (χ0) is 22.5. The van der Waals surface area contributed by atoms with Crippen molar-refractivity contribution in [3.8, 4) is 17.1 Å². The Morgan fingerprint density at radius 1 is 1.09 bits per heavy atom. The largest absolute Gasteiger partial charge is 0.444 e. The van der Waals surface area contributed by atoms with Gasteiger partial charge in [0.1, 0.15) is 17.9 Å². The Bertz CT molecular complexity index is 1230. The minimum absolute atomic E-state index is 0. The highest BCUT2D eigenvalue weighted by Crippen LogP contribution is 2.19. The smallest absolute Gasteiger partial charge is 0.226 e. The predicted molar refractivity (Wildman–Crippen MR) is 137 cm³/mol. The van der Waals surface area contributed by atoms with E-state index in [1.54, 1.807) is 36.3 Å². The summed E-state index contributed by atoms with van der Waals surface area (Å²) < 4.78 is 21.9. The van der Waals surface area contributed by atoms with Crippen molar-refractivity contribution in [2.45, 2.75) is 26.9 Å². The van der Waals surface area contributed by atoms with Crippen LogP contribution in [0.25, 0.3) is 17.1 Å². The topological polar surface area (TPSA) is 80.3 Å². The van der Waals surface area contributed by atoms with Crippen LogP contribution in [-0.2, 0) is 13.1 Å². The number of guanidine groups is 1. The molecule has 0 unspecified atom stereocenters. The molecule has 0 atom stereocenters. The number of oxazole rings is 1. The van der Waals surface area contributed by atoms with Crippen LogP contribution in [-0.4, -0.2) is 27.5 Å². The number of hydrogen-bond donors (Lipinski definition) is 2. The monoisotopic (exact) mass is 560 g/mol. The van der Waals surface area contributed by atoms with Crippen LogP contribution >= 0.6 is 24.0 Å². The molecule has 4 aromatic rings. The molecule has 4 rings (SSSR count). The average molecular weight is 560 g/mol. The van der Waals surface area contributed by atoms with Gasteiger partial charge in [0.15, 0.2) is 5.96 Å². The third-order valence-electron chi connectivity index (χ3n) is 5.07. The first-order valence-electron chi connectivity index (χ1n) is 10.3. The molecule has 7 nitrogen and oxygen atoms in total. The Morgan fingerprint density at radius 2 is 1.85 bits per heavy atom. The Labute approximate surface area is 209 Å². The van der Waals surface area contributed by atoms with Crippen LogP contribution in [0.1, 0.15) is 22.6 Å². The molecule has 0 fully saturated rings. The quantitative estimate of drug-likeness (QED) is 0.202. The summed E-state index contributed by atoms with van der Waals surface area (Å²) in [6.45, 7) is 4.75. The highest BCUT2D eigenvalue weighted by molar-refractivity contribution is 14.0. The lowest BCUT2D eigenvalue weighted by molar-refractivity contribution is 0.572. The lowest BCUT2D eigenvalue weighted by Gasteiger charge is -2.12.